The standard InChI is InChI=1S/C34H50N7O9S3/c1-32(2)17-26(42)36-28-24(14-25(29(43)27(28)32)35-30(44)18-8-7-9-21(12-18)53(48,49)50)37-38-31-22-13-20(10-11-23(22)39-51-31)52(46,47)40-19-15-33(3,4)41(45)34(5,6)16-19/h10-11,13,18-19,21,24-25,27-29,40,43H,7-9,12,14-17H2,1-6H3,(H,35,44)(H,36,42)(H,48,49,50)/q-1. The number of hydrogen-bond donors (Lipinski definition) is 5. The van der Waals surface area contributed by atoms with Gasteiger partial charge in [-0.05, 0) is 101 Å². The summed E-state index contributed by atoms with van der Waals surface area (Å²) in [6, 6.07) is 1.97. The number of hydroxylamine groups is 2. The predicted octanol–water partition coefficient (Wildman–Crippen LogP) is 3.77. The molecule has 0 spiro atoms. The van der Waals surface area contributed by atoms with Crippen molar-refractivity contribution in [1.82, 2.24) is 24.8 Å². The van der Waals surface area contributed by atoms with Crippen LogP contribution in [0.2, 0.25) is 0 Å². The maximum atomic E-state index is 13.7. The Morgan fingerprint density at radius 1 is 1.08 bits per heavy atom. The highest BCUT2D eigenvalue weighted by molar-refractivity contribution is 7.89. The van der Waals surface area contributed by atoms with Gasteiger partial charge >= 0.3 is 0 Å². The van der Waals surface area contributed by atoms with Crippen molar-refractivity contribution in [2.75, 3.05) is 0 Å². The highest BCUT2D eigenvalue weighted by Gasteiger charge is 2.55. The van der Waals surface area contributed by atoms with Gasteiger partial charge in [0.15, 0.2) is 5.00 Å². The molecule has 294 valence electrons. The summed E-state index contributed by atoms with van der Waals surface area (Å²) in [6.07, 6.45) is 0.998. The van der Waals surface area contributed by atoms with E-state index in [-0.39, 0.29) is 36.5 Å². The third kappa shape index (κ3) is 8.17. The number of sulfonamides is 1. The Hall–Kier alpha value is -2.65. The summed E-state index contributed by atoms with van der Waals surface area (Å²) in [4.78, 5) is 26.3. The predicted molar refractivity (Wildman–Crippen MR) is 198 cm³/mol. The second-order valence-corrected chi connectivity index (χ2v) is 21.4. The Bertz CT molecular complexity index is 1980. The van der Waals surface area contributed by atoms with E-state index >= 15 is 0 Å². The lowest BCUT2D eigenvalue weighted by molar-refractivity contribution is -0.140. The van der Waals surface area contributed by atoms with Crippen LogP contribution in [0.25, 0.3) is 10.9 Å². The van der Waals surface area contributed by atoms with Gasteiger partial charge in [-0.15, -0.1) is 5.11 Å². The number of fused-ring (bicyclic) bond motifs is 2. The quantitative estimate of drug-likeness (QED) is 0.190. The van der Waals surface area contributed by atoms with Crippen molar-refractivity contribution < 1.29 is 36.1 Å². The molecule has 7 atom stereocenters. The summed E-state index contributed by atoms with van der Waals surface area (Å²) in [5.41, 5.74) is -1.70. The Morgan fingerprint density at radius 2 is 1.75 bits per heavy atom. The number of hydrogen-bond acceptors (Lipinski definition) is 13. The first kappa shape index (κ1) is 40.0. The van der Waals surface area contributed by atoms with Gasteiger partial charge in [0, 0.05) is 40.8 Å². The molecule has 6 rings (SSSR count). The first-order chi connectivity index (χ1) is 24.5. The molecule has 3 heterocycles. The van der Waals surface area contributed by atoms with E-state index in [4.69, 9.17) is 0 Å². The normalized spacial score (nSPS) is 32.3. The number of nitrogens with one attached hydrogen (secondary N) is 3. The number of carbonyl (C=O) groups is 2. The van der Waals surface area contributed by atoms with Crippen LogP contribution in [0.5, 0.6) is 0 Å². The highest BCUT2D eigenvalue weighted by atomic mass is 32.2. The smallest absolute Gasteiger partial charge is 0.267 e. The molecule has 1 aromatic heterocycles. The van der Waals surface area contributed by atoms with E-state index in [0.717, 1.165) is 16.6 Å². The average molecular weight is 797 g/mol. The molecule has 2 saturated heterocycles. The number of nitrogens with zero attached hydrogens (tertiary/aromatic N) is 4. The maximum absolute atomic E-state index is 13.7. The van der Waals surface area contributed by atoms with Gasteiger partial charge in [-0.1, -0.05) is 20.3 Å². The fourth-order valence-corrected chi connectivity index (χ4v) is 12.2. The van der Waals surface area contributed by atoms with Gasteiger partial charge in [0.1, 0.15) is 0 Å². The van der Waals surface area contributed by atoms with Crippen LogP contribution < -0.4 is 15.4 Å². The highest BCUT2D eigenvalue weighted by Crippen LogP contribution is 2.46. The van der Waals surface area contributed by atoms with Crippen molar-refractivity contribution in [1.29, 1.82) is 0 Å². The second-order valence-electron chi connectivity index (χ2n) is 17.2. The van der Waals surface area contributed by atoms with Gasteiger partial charge < -0.3 is 26.0 Å². The minimum atomic E-state index is -4.30. The first-order valence-electron chi connectivity index (χ1n) is 18.0. The Kier molecular flexibility index (Phi) is 10.7. The van der Waals surface area contributed by atoms with Crippen LogP contribution in [0.15, 0.2) is 33.3 Å². The summed E-state index contributed by atoms with van der Waals surface area (Å²) in [5, 5.41) is 40.4. The molecule has 2 amide bonds. The summed E-state index contributed by atoms with van der Waals surface area (Å²) >= 11 is 1.03. The molecule has 16 nitrogen and oxygen atoms in total. The van der Waals surface area contributed by atoms with Crippen molar-refractivity contribution in [3.05, 3.63) is 23.4 Å². The molecule has 19 heteroatoms. The summed E-state index contributed by atoms with van der Waals surface area (Å²) in [7, 11) is -8.31. The lowest BCUT2D eigenvalue weighted by Gasteiger charge is -2.59. The molecule has 53 heavy (non-hydrogen) atoms. The second kappa shape index (κ2) is 14.1. The van der Waals surface area contributed by atoms with Crippen molar-refractivity contribution >= 4 is 59.4 Å². The van der Waals surface area contributed by atoms with Gasteiger partial charge in [-0.2, -0.15) is 17.9 Å². The molecule has 0 bridgehead atoms. The van der Waals surface area contributed by atoms with Gasteiger partial charge in [0.2, 0.25) is 21.8 Å². The molecule has 0 radical (unpaired) electrons. The van der Waals surface area contributed by atoms with E-state index in [1.807, 2.05) is 13.8 Å². The summed E-state index contributed by atoms with van der Waals surface area (Å²) in [5.74, 6) is -1.82. The molecule has 4 fully saturated rings. The molecule has 4 aliphatic rings. The van der Waals surface area contributed by atoms with Gasteiger partial charge in [0.05, 0.1) is 39.9 Å². The number of carbonyl (C=O) groups excluding carboxylic acids is 2. The number of piperidine rings is 2. The van der Waals surface area contributed by atoms with E-state index in [9.17, 15) is 41.3 Å². The van der Waals surface area contributed by atoms with Crippen molar-refractivity contribution in [3.63, 3.8) is 0 Å². The van der Waals surface area contributed by atoms with Crippen LogP contribution in [-0.2, 0) is 29.7 Å². The topological polar surface area (TPSA) is 243 Å². The largest absolute Gasteiger partial charge is 0.784 e. The molecular formula is C34H50N7O9S3-. The number of azo groups is 1. The Labute approximate surface area is 314 Å². The minimum Gasteiger partial charge on any atom is -0.784 e. The minimum absolute atomic E-state index is 0.00527. The number of benzene rings is 1. The molecule has 2 saturated carbocycles. The lowest BCUT2D eigenvalue weighted by Crippen LogP contribution is -2.68. The van der Waals surface area contributed by atoms with Crippen LogP contribution in [0.1, 0.15) is 92.9 Å². The number of amides is 2. The van der Waals surface area contributed by atoms with Crippen molar-refractivity contribution in [3.8, 4) is 0 Å². The van der Waals surface area contributed by atoms with E-state index in [0.29, 0.717) is 41.6 Å². The average Bonchev–Trinajstić information content (AvgIpc) is 3.45. The van der Waals surface area contributed by atoms with Crippen LogP contribution in [-0.4, -0.2) is 94.3 Å². The number of aliphatic hydroxyl groups is 1. The number of rotatable bonds is 8. The monoisotopic (exact) mass is 796 g/mol. The van der Waals surface area contributed by atoms with E-state index in [1.165, 1.54) is 12.1 Å². The number of aliphatic hydroxyl groups excluding tert-OH is 1. The Balaban J connectivity index is 1.25. The SMILES string of the molecule is CC1(C)CC(=O)NC2C(N=Nc3snc4ccc(S(=O)(=O)NC5CC(C)(C)N([O-])C(C)(C)C5)cc34)CC(NC(=O)C3CCCC(S(=O)(=O)O)C3)C(O)C21. The van der Waals surface area contributed by atoms with E-state index in [2.05, 4.69) is 30.0 Å². The number of aromatic nitrogens is 1. The first-order valence-corrected chi connectivity index (χ1v) is 21.8. The summed E-state index contributed by atoms with van der Waals surface area (Å²) in [6.45, 7) is 10.9. The zero-order valence-electron chi connectivity index (χ0n) is 30.8. The van der Waals surface area contributed by atoms with Crippen LogP contribution in [0.4, 0.5) is 5.00 Å². The fraction of sp³-hybridized carbons (Fsp3) is 0.735. The third-order valence-corrected chi connectivity index (χ3v) is 15.2. The van der Waals surface area contributed by atoms with Crippen LogP contribution in [0, 0.1) is 22.5 Å². The van der Waals surface area contributed by atoms with Gasteiger partial charge in [-0.3, -0.25) is 14.1 Å². The molecule has 2 aromatic rings. The zero-order chi connectivity index (χ0) is 38.9. The molecule has 1 aromatic carbocycles. The van der Waals surface area contributed by atoms with E-state index < -0.39 is 89.9 Å². The van der Waals surface area contributed by atoms with Crippen molar-refractivity contribution in [2.45, 2.75) is 144 Å². The fourth-order valence-electron chi connectivity index (χ4n) is 9.28. The molecule has 2 aliphatic heterocycles. The third-order valence-electron chi connectivity index (χ3n) is 11.6. The Morgan fingerprint density at radius 3 is 2.42 bits per heavy atom. The maximum Gasteiger partial charge on any atom is 0.267 e. The molecule has 5 N–H and O–H groups in total. The lowest BCUT2D eigenvalue weighted by atomic mass is 9.61. The van der Waals surface area contributed by atoms with Gasteiger partial charge in [0.25, 0.3) is 10.1 Å². The van der Waals surface area contributed by atoms with Crippen molar-refractivity contribution in [2.24, 2.45) is 27.5 Å². The van der Waals surface area contributed by atoms with Crippen LogP contribution in [0.3, 0.4) is 0 Å². The molecule has 2 aliphatic carbocycles. The van der Waals surface area contributed by atoms with E-state index in [1.54, 1.807) is 33.8 Å². The molecule has 7 unspecified atom stereocenters. The molecular weight excluding hydrogens is 747 g/mol. The summed E-state index contributed by atoms with van der Waals surface area (Å²) < 4.78 is 67.8. The van der Waals surface area contributed by atoms with Crippen LogP contribution >= 0.6 is 11.5 Å². The van der Waals surface area contributed by atoms with Gasteiger partial charge in [-0.25, -0.2) is 13.1 Å². The zero-order valence-corrected chi connectivity index (χ0v) is 33.2.